The predicted molar refractivity (Wildman–Crippen MR) is 124 cm³/mol. The number of carbonyl (C=O) groups excluding carboxylic acids is 3. The number of imide groups is 1. The molecule has 0 radical (unpaired) electrons. The molecule has 0 unspecified atom stereocenters. The fourth-order valence-corrected chi connectivity index (χ4v) is 4.12. The van der Waals surface area contributed by atoms with Crippen molar-refractivity contribution in [1.29, 1.82) is 0 Å². The lowest BCUT2D eigenvalue weighted by Gasteiger charge is -2.13. The van der Waals surface area contributed by atoms with E-state index in [0.717, 1.165) is 16.7 Å². The van der Waals surface area contributed by atoms with Gasteiger partial charge in [-0.05, 0) is 73.6 Å². The second-order valence-corrected chi connectivity index (χ2v) is 8.36. The summed E-state index contributed by atoms with van der Waals surface area (Å²) in [5.74, 6) is -0.508. The molecule has 1 fully saturated rings. The molecule has 3 amide bonds. The Morgan fingerprint density at radius 2 is 1.75 bits per heavy atom. The third-order valence-electron chi connectivity index (χ3n) is 4.25. The Kier molecular flexibility index (Phi) is 7.92. The molecule has 1 heterocycles. The minimum atomic E-state index is -0.576. The van der Waals surface area contributed by atoms with Gasteiger partial charge in [0.25, 0.3) is 11.1 Å². The van der Waals surface area contributed by atoms with Crippen LogP contribution in [0.5, 0.6) is 11.5 Å². The number of nitrogens with zero attached hydrogens (tertiary/aromatic N) is 1. The first kappa shape index (κ1) is 23.8. The van der Waals surface area contributed by atoms with Gasteiger partial charge in [0.05, 0.1) is 18.1 Å². The Morgan fingerprint density at radius 3 is 2.38 bits per heavy atom. The molecule has 0 spiro atoms. The molecule has 168 valence electrons. The molecular formula is C22H20BrFN2O5S. The Bertz CT molecular complexity index is 1070. The highest BCUT2D eigenvalue weighted by Gasteiger charge is 2.36. The largest absolute Gasteiger partial charge is 0.490 e. The minimum Gasteiger partial charge on any atom is -0.490 e. The number of halogens is 2. The van der Waals surface area contributed by atoms with Gasteiger partial charge in [0.1, 0.15) is 12.4 Å². The zero-order valence-electron chi connectivity index (χ0n) is 17.3. The maximum atomic E-state index is 13.0. The second kappa shape index (κ2) is 10.6. The fourth-order valence-electron chi connectivity index (χ4n) is 2.85. The molecule has 0 bridgehead atoms. The lowest BCUT2D eigenvalue weighted by atomic mass is 10.2. The van der Waals surface area contributed by atoms with E-state index < -0.39 is 29.4 Å². The summed E-state index contributed by atoms with van der Waals surface area (Å²) in [6.07, 6.45) is 1.56. The van der Waals surface area contributed by atoms with Gasteiger partial charge in [-0.3, -0.25) is 19.3 Å². The molecule has 7 nitrogen and oxygen atoms in total. The smallest absolute Gasteiger partial charge is 0.294 e. The minimum absolute atomic E-state index is 0.178. The van der Waals surface area contributed by atoms with Crippen LogP contribution in [0.2, 0.25) is 0 Å². The average Bonchev–Trinajstić information content (AvgIpc) is 3.00. The summed E-state index contributed by atoms with van der Waals surface area (Å²) in [7, 11) is 0. The Hall–Kier alpha value is -2.85. The van der Waals surface area contributed by atoms with E-state index in [1.165, 1.54) is 24.3 Å². The number of benzene rings is 2. The van der Waals surface area contributed by atoms with Crippen LogP contribution >= 0.6 is 27.7 Å². The molecule has 2 aromatic carbocycles. The van der Waals surface area contributed by atoms with Crippen molar-refractivity contribution < 1.29 is 28.2 Å². The number of amides is 3. The molecule has 3 rings (SSSR count). The third kappa shape index (κ3) is 5.68. The number of nitrogens with one attached hydrogen (secondary N) is 1. The number of thioether (sulfide) groups is 1. The number of hydrogen-bond acceptors (Lipinski definition) is 6. The third-order valence-corrected chi connectivity index (χ3v) is 5.85. The van der Waals surface area contributed by atoms with Gasteiger partial charge in [-0.25, -0.2) is 4.39 Å². The van der Waals surface area contributed by atoms with Gasteiger partial charge in [0, 0.05) is 10.2 Å². The highest BCUT2D eigenvalue weighted by atomic mass is 79.9. The van der Waals surface area contributed by atoms with E-state index in [0.29, 0.717) is 40.4 Å². The number of hydrogen-bond donors (Lipinski definition) is 1. The van der Waals surface area contributed by atoms with Crippen molar-refractivity contribution in [3.05, 3.63) is 57.2 Å². The Morgan fingerprint density at radius 1 is 1.12 bits per heavy atom. The van der Waals surface area contributed by atoms with E-state index in [-0.39, 0.29) is 4.91 Å². The fraction of sp³-hybridized carbons (Fsp3) is 0.227. The predicted octanol–water partition coefficient (Wildman–Crippen LogP) is 5.06. The van der Waals surface area contributed by atoms with Crippen molar-refractivity contribution in [2.24, 2.45) is 0 Å². The first-order valence-electron chi connectivity index (χ1n) is 9.72. The van der Waals surface area contributed by atoms with Crippen LogP contribution in [0, 0.1) is 5.82 Å². The second-order valence-electron chi connectivity index (χ2n) is 6.51. The first-order valence-corrected chi connectivity index (χ1v) is 11.3. The number of anilines is 1. The normalized spacial score (nSPS) is 14.8. The standard InChI is InChI=1S/C22H20BrFN2O5S/c1-3-30-17-9-13(16(23)11-18(17)31-4-2)10-19-21(28)26(22(29)32-19)12-20(27)25-15-7-5-14(24)6-8-15/h5-11H,3-4,12H2,1-2H3,(H,25,27)/b19-10-. The molecule has 2 aromatic rings. The molecule has 1 saturated heterocycles. The molecule has 1 aliphatic rings. The lowest BCUT2D eigenvalue weighted by molar-refractivity contribution is -0.127. The van der Waals surface area contributed by atoms with Gasteiger partial charge in [0.15, 0.2) is 11.5 Å². The van der Waals surface area contributed by atoms with Gasteiger partial charge < -0.3 is 14.8 Å². The molecule has 0 atom stereocenters. The summed E-state index contributed by atoms with van der Waals surface area (Å²) in [5.41, 5.74) is 0.985. The molecule has 0 saturated carbocycles. The quantitative estimate of drug-likeness (QED) is 0.487. The van der Waals surface area contributed by atoms with E-state index in [4.69, 9.17) is 9.47 Å². The van der Waals surface area contributed by atoms with Crippen molar-refractivity contribution in [1.82, 2.24) is 4.90 Å². The Labute approximate surface area is 197 Å². The van der Waals surface area contributed by atoms with Crippen molar-refractivity contribution >= 4 is 56.5 Å². The van der Waals surface area contributed by atoms with Gasteiger partial charge >= 0.3 is 0 Å². The van der Waals surface area contributed by atoms with Gasteiger partial charge in [-0.15, -0.1) is 0 Å². The molecule has 1 aliphatic heterocycles. The lowest BCUT2D eigenvalue weighted by Crippen LogP contribution is -2.36. The molecule has 1 N–H and O–H groups in total. The van der Waals surface area contributed by atoms with Gasteiger partial charge in [-0.1, -0.05) is 15.9 Å². The number of rotatable bonds is 8. The molecular weight excluding hydrogens is 503 g/mol. The van der Waals surface area contributed by atoms with Crippen molar-refractivity contribution in [3.63, 3.8) is 0 Å². The Balaban J connectivity index is 1.76. The van der Waals surface area contributed by atoms with E-state index >= 15 is 0 Å². The van der Waals surface area contributed by atoms with Crippen LogP contribution in [0.1, 0.15) is 19.4 Å². The van der Waals surface area contributed by atoms with Crippen LogP contribution < -0.4 is 14.8 Å². The maximum Gasteiger partial charge on any atom is 0.294 e. The van der Waals surface area contributed by atoms with Crippen LogP contribution in [0.4, 0.5) is 14.9 Å². The van der Waals surface area contributed by atoms with E-state index in [2.05, 4.69) is 21.2 Å². The summed E-state index contributed by atoms with van der Waals surface area (Å²) in [6.45, 7) is 4.15. The number of ether oxygens (including phenoxy) is 2. The van der Waals surface area contributed by atoms with Crippen molar-refractivity contribution in [2.45, 2.75) is 13.8 Å². The summed E-state index contributed by atoms with van der Waals surface area (Å²) < 4.78 is 24.8. The summed E-state index contributed by atoms with van der Waals surface area (Å²) in [4.78, 5) is 38.4. The van der Waals surface area contributed by atoms with Crippen LogP contribution in [0.3, 0.4) is 0 Å². The van der Waals surface area contributed by atoms with E-state index in [9.17, 15) is 18.8 Å². The SMILES string of the molecule is CCOc1cc(Br)c(/C=C2\SC(=O)N(CC(=O)Nc3ccc(F)cc3)C2=O)cc1OCC. The summed E-state index contributed by atoms with van der Waals surface area (Å²) >= 11 is 4.20. The van der Waals surface area contributed by atoms with Crippen LogP contribution in [0.15, 0.2) is 45.8 Å². The topological polar surface area (TPSA) is 84.9 Å². The first-order chi connectivity index (χ1) is 15.3. The van der Waals surface area contributed by atoms with E-state index in [1.807, 2.05) is 13.8 Å². The molecule has 0 aliphatic carbocycles. The molecule has 0 aromatic heterocycles. The van der Waals surface area contributed by atoms with Gasteiger partial charge in [-0.2, -0.15) is 0 Å². The maximum absolute atomic E-state index is 13.0. The van der Waals surface area contributed by atoms with Crippen molar-refractivity contribution in [2.75, 3.05) is 25.1 Å². The van der Waals surface area contributed by atoms with Gasteiger partial charge in [0.2, 0.25) is 5.91 Å². The highest BCUT2D eigenvalue weighted by Crippen LogP contribution is 2.38. The monoisotopic (exact) mass is 522 g/mol. The zero-order chi connectivity index (χ0) is 23.3. The van der Waals surface area contributed by atoms with Crippen LogP contribution in [0.25, 0.3) is 6.08 Å². The van der Waals surface area contributed by atoms with Crippen LogP contribution in [-0.2, 0) is 9.59 Å². The van der Waals surface area contributed by atoms with Crippen molar-refractivity contribution in [3.8, 4) is 11.5 Å². The molecule has 10 heteroatoms. The average molecular weight is 523 g/mol. The summed E-state index contributed by atoms with van der Waals surface area (Å²) in [5, 5.41) is 1.98. The summed E-state index contributed by atoms with van der Waals surface area (Å²) in [6, 6.07) is 8.63. The molecule has 32 heavy (non-hydrogen) atoms. The van der Waals surface area contributed by atoms with E-state index in [1.54, 1.807) is 18.2 Å². The highest BCUT2D eigenvalue weighted by molar-refractivity contribution is 9.10. The zero-order valence-corrected chi connectivity index (χ0v) is 19.7. The number of carbonyl (C=O) groups is 3. The van der Waals surface area contributed by atoms with Crippen LogP contribution in [-0.4, -0.2) is 41.7 Å².